The first-order valence-corrected chi connectivity index (χ1v) is 12.1. The summed E-state index contributed by atoms with van der Waals surface area (Å²) in [7, 11) is 1.49. The van der Waals surface area contributed by atoms with Gasteiger partial charge in [0, 0.05) is 41.3 Å². The van der Waals surface area contributed by atoms with Crippen LogP contribution in [0.3, 0.4) is 0 Å². The summed E-state index contributed by atoms with van der Waals surface area (Å²) in [4.78, 5) is 38.3. The van der Waals surface area contributed by atoms with E-state index in [1.54, 1.807) is 18.2 Å². The number of hydrogen-bond acceptors (Lipinski definition) is 6. The van der Waals surface area contributed by atoms with Crippen LogP contribution in [-0.2, 0) is 14.4 Å². The van der Waals surface area contributed by atoms with E-state index in [1.165, 1.54) is 25.3 Å². The minimum Gasteiger partial charge on any atom is -0.493 e. The molecular formula is C28H27FN2O5. The second kappa shape index (κ2) is 9.97. The first-order valence-electron chi connectivity index (χ1n) is 12.1. The summed E-state index contributed by atoms with van der Waals surface area (Å²) >= 11 is 0. The number of anilines is 1. The van der Waals surface area contributed by atoms with E-state index in [1.807, 2.05) is 6.07 Å². The van der Waals surface area contributed by atoms with E-state index in [2.05, 4.69) is 10.6 Å². The number of amides is 1. The summed E-state index contributed by atoms with van der Waals surface area (Å²) in [5.74, 6) is -0.691. The Kier molecular flexibility index (Phi) is 6.59. The van der Waals surface area contributed by atoms with Gasteiger partial charge in [-0.3, -0.25) is 14.4 Å². The fourth-order valence-electron chi connectivity index (χ4n) is 5.19. The highest BCUT2D eigenvalue weighted by Crippen LogP contribution is 2.46. The number of hydrogen-bond donors (Lipinski definition) is 2. The van der Waals surface area contributed by atoms with E-state index in [4.69, 9.17) is 9.47 Å². The molecule has 1 amide bonds. The number of methoxy groups -OCH3 is 1. The molecule has 0 atom stereocenters. The van der Waals surface area contributed by atoms with Crippen LogP contribution in [0.2, 0.25) is 0 Å². The standard InChI is InChI=1S/C28H27FN2O5/c1-35-24-14-16(12-13-23(24)36-15-25(34)31-18-7-3-2-6-17(18)29)26-27-19(8-4-10-21(27)32)30-20-9-5-11-22(33)28(20)26/h2-3,6-7,12-14,26,30H,4-5,8-11,15H2,1H3,(H,31,34). The number of carbonyl (C=O) groups excluding carboxylic acids is 3. The molecule has 7 nitrogen and oxygen atoms in total. The van der Waals surface area contributed by atoms with Crippen molar-refractivity contribution in [2.24, 2.45) is 0 Å². The zero-order valence-corrected chi connectivity index (χ0v) is 20.0. The summed E-state index contributed by atoms with van der Waals surface area (Å²) < 4.78 is 25.0. The number of halogens is 1. The van der Waals surface area contributed by atoms with Crippen molar-refractivity contribution >= 4 is 23.2 Å². The molecule has 0 bridgehead atoms. The molecule has 0 radical (unpaired) electrons. The average Bonchev–Trinajstić information content (AvgIpc) is 2.88. The average molecular weight is 491 g/mol. The molecule has 2 N–H and O–H groups in total. The Hall–Kier alpha value is -3.94. The number of nitrogens with one attached hydrogen (secondary N) is 2. The zero-order valence-electron chi connectivity index (χ0n) is 20.0. The Morgan fingerprint density at radius 1 is 0.972 bits per heavy atom. The number of Topliss-reactive ketones (excluding diaryl/α,β-unsaturated/α-hetero) is 2. The van der Waals surface area contributed by atoms with Gasteiger partial charge < -0.3 is 20.1 Å². The van der Waals surface area contributed by atoms with E-state index in [9.17, 15) is 18.8 Å². The maximum absolute atomic E-state index is 13.8. The number of benzene rings is 2. The Labute approximate surface area is 208 Å². The number of carbonyl (C=O) groups is 3. The number of rotatable bonds is 6. The molecule has 0 aromatic heterocycles. The molecule has 1 aliphatic heterocycles. The van der Waals surface area contributed by atoms with Crippen molar-refractivity contribution in [3.8, 4) is 11.5 Å². The van der Waals surface area contributed by atoms with Gasteiger partial charge >= 0.3 is 0 Å². The van der Waals surface area contributed by atoms with Crippen LogP contribution in [0.15, 0.2) is 65.0 Å². The molecule has 0 spiro atoms. The molecule has 0 saturated heterocycles. The van der Waals surface area contributed by atoms with Crippen LogP contribution in [0.4, 0.5) is 10.1 Å². The Morgan fingerprint density at radius 2 is 1.64 bits per heavy atom. The third kappa shape index (κ3) is 4.51. The third-order valence-corrected chi connectivity index (χ3v) is 6.82. The highest BCUT2D eigenvalue weighted by molar-refractivity contribution is 6.06. The largest absolute Gasteiger partial charge is 0.493 e. The van der Waals surface area contributed by atoms with E-state index in [-0.39, 0.29) is 23.9 Å². The quantitative estimate of drug-likeness (QED) is 0.617. The van der Waals surface area contributed by atoms with Crippen LogP contribution in [0.1, 0.15) is 50.0 Å². The first kappa shape index (κ1) is 23.8. The molecule has 5 rings (SSSR count). The van der Waals surface area contributed by atoms with E-state index in [0.29, 0.717) is 35.5 Å². The molecule has 0 fully saturated rings. The maximum atomic E-state index is 13.8. The lowest BCUT2D eigenvalue weighted by molar-refractivity contribution is -0.118. The monoisotopic (exact) mass is 490 g/mol. The second-order valence-corrected chi connectivity index (χ2v) is 9.12. The number of ether oxygens (including phenoxy) is 2. The highest BCUT2D eigenvalue weighted by atomic mass is 19.1. The molecule has 2 aromatic rings. The van der Waals surface area contributed by atoms with E-state index >= 15 is 0 Å². The summed E-state index contributed by atoms with van der Waals surface area (Å²) in [6.07, 6.45) is 4.06. The third-order valence-electron chi connectivity index (χ3n) is 6.82. The van der Waals surface area contributed by atoms with Gasteiger partial charge in [0.2, 0.25) is 0 Å². The fraction of sp³-hybridized carbons (Fsp3) is 0.321. The Balaban J connectivity index is 1.42. The topological polar surface area (TPSA) is 93.7 Å². The van der Waals surface area contributed by atoms with Crippen molar-refractivity contribution in [2.45, 2.75) is 44.4 Å². The fourth-order valence-corrected chi connectivity index (χ4v) is 5.19. The van der Waals surface area contributed by atoms with Crippen LogP contribution in [0.5, 0.6) is 11.5 Å². The van der Waals surface area contributed by atoms with Gasteiger partial charge in [0.15, 0.2) is 29.7 Å². The van der Waals surface area contributed by atoms with Crippen molar-refractivity contribution in [3.63, 3.8) is 0 Å². The molecule has 2 aromatic carbocycles. The van der Waals surface area contributed by atoms with Gasteiger partial charge in [-0.15, -0.1) is 0 Å². The van der Waals surface area contributed by atoms with Crippen LogP contribution in [0.25, 0.3) is 0 Å². The van der Waals surface area contributed by atoms with Crippen molar-refractivity contribution in [1.82, 2.24) is 5.32 Å². The summed E-state index contributed by atoms with van der Waals surface area (Å²) in [5.41, 5.74) is 3.98. The van der Waals surface area contributed by atoms with Crippen LogP contribution < -0.4 is 20.1 Å². The Bertz CT molecular complexity index is 1270. The second-order valence-electron chi connectivity index (χ2n) is 9.12. The van der Waals surface area contributed by atoms with Gasteiger partial charge in [-0.25, -0.2) is 4.39 Å². The van der Waals surface area contributed by atoms with Crippen molar-refractivity contribution in [1.29, 1.82) is 0 Å². The molecule has 2 aliphatic carbocycles. The molecule has 0 unspecified atom stereocenters. The molecule has 1 heterocycles. The van der Waals surface area contributed by atoms with Crippen molar-refractivity contribution in [3.05, 3.63) is 76.4 Å². The lowest BCUT2D eigenvalue weighted by atomic mass is 9.71. The van der Waals surface area contributed by atoms with Gasteiger partial charge in [-0.05, 0) is 55.5 Å². The summed E-state index contributed by atoms with van der Waals surface area (Å²) in [6.45, 7) is -0.348. The molecule has 8 heteroatoms. The number of para-hydroxylation sites is 1. The normalized spacial score (nSPS) is 17.8. The zero-order chi connectivity index (χ0) is 25.2. The molecule has 36 heavy (non-hydrogen) atoms. The molecule has 186 valence electrons. The highest BCUT2D eigenvalue weighted by Gasteiger charge is 2.40. The van der Waals surface area contributed by atoms with Crippen LogP contribution in [0, 0.1) is 5.82 Å². The van der Waals surface area contributed by atoms with Crippen LogP contribution >= 0.6 is 0 Å². The maximum Gasteiger partial charge on any atom is 0.262 e. The first-order chi connectivity index (χ1) is 17.5. The number of ketones is 2. The van der Waals surface area contributed by atoms with E-state index in [0.717, 1.165) is 42.6 Å². The number of allylic oxidation sites excluding steroid dienone is 4. The lowest BCUT2D eigenvalue weighted by Crippen LogP contribution is -2.36. The molecular weight excluding hydrogens is 463 g/mol. The smallest absolute Gasteiger partial charge is 0.262 e. The van der Waals surface area contributed by atoms with Crippen molar-refractivity contribution < 1.29 is 28.2 Å². The van der Waals surface area contributed by atoms with Gasteiger partial charge in [-0.2, -0.15) is 0 Å². The Morgan fingerprint density at radius 3 is 2.28 bits per heavy atom. The van der Waals surface area contributed by atoms with Crippen molar-refractivity contribution in [2.75, 3.05) is 19.0 Å². The van der Waals surface area contributed by atoms with Gasteiger partial charge in [0.05, 0.1) is 12.8 Å². The minimum absolute atomic E-state index is 0.0581. The molecule has 0 saturated carbocycles. The molecule has 3 aliphatic rings. The predicted molar refractivity (Wildman–Crippen MR) is 131 cm³/mol. The predicted octanol–water partition coefficient (Wildman–Crippen LogP) is 4.55. The number of dihydropyridines is 1. The van der Waals surface area contributed by atoms with E-state index < -0.39 is 17.6 Å². The summed E-state index contributed by atoms with van der Waals surface area (Å²) in [5, 5.41) is 5.88. The minimum atomic E-state index is -0.536. The van der Waals surface area contributed by atoms with Gasteiger partial charge in [-0.1, -0.05) is 18.2 Å². The SMILES string of the molecule is COc1cc(C2C3=C(CCCC3=O)NC3=C2C(=O)CCC3)ccc1OCC(=O)Nc1ccccc1F. The van der Waals surface area contributed by atoms with Crippen LogP contribution in [-0.4, -0.2) is 31.2 Å². The lowest BCUT2D eigenvalue weighted by Gasteiger charge is -2.37. The van der Waals surface area contributed by atoms with Gasteiger partial charge in [0.25, 0.3) is 5.91 Å². The summed E-state index contributed by atoms with van der Waals surface area (Å²) in [6, 6.07) is 11.1. The van der Waals surface area contributed by atoms with Gasteiger partial charge in [0.1, 0.15) is 5.82 Å².